The fourth-order valence-corrected chi connectivity index (χ4v) is 2.86. The van der Waals surface area contributed by atoms with Crippen molar-refractivity contribution in [2.75, 3.05) is 16.5 Å². The van der Waals surface area contributed by atoms with Crippen LogP contribution in [0.1, 0.15) is 5.56 Å². The second-order valence-electron chi connectivity index (χ2n) is 5.50. The number of carbonyl (C=O) groups excluding carboxylic acids is 1. The largest absolute Gasteiger partial charge is 0.320 e. The monoisotopic (exact) mass is 431 g/mol. The number of H-pyrrole nitrogens is 1. The summed E-state index contributed by atoms with van der Waals surface area (Å²) in [5, 5.41) is 25.1. The summed E-state index contributed by atoms with van der Waals surface area (Å²) in [4.78, 5) is 26.6. The number of rotatable bonds is 8. The minimum absolute atomic E-state index is 0.0165. The van der Waals surface area contributed by atoms with Crippen molar-refractivity contribution in [2.24, 2.45) is 5.10 Å². The van der Waals surface area contributed by atoms with E-state index >= 15 is 0 Å². The molecular formula is C17H14ClN7O3S. The molecule has 148 valence electrons. The van der Waals surface area contributed by atoms with Crippen molar-refractivity contribution in [3.05, 3.63) is 69.2 Å². The molecule has 0 aliphatic carbocycles. The molecule has 0 unspecified atom stereocenters. The van der Waals surface area contributed by atoms with E-state index in [4.69, 9.17) is 11.6 Å². The van der Waals surface area contributed by atoms with E-state index < -0.39 is 10.8 Å². The molecule has 0 spiro atoms. The van der Waals surface area contributed by atoms with Gasteiger partial charge in [0.1, 0.15) is 5.69 Å². The molecule has 1 heterocycles. The predicted molar refractivity (Wildman–Crippen MR) is 112 cm³/mol. The molecule has 0 aliphatic rings. The van der Waals surface area contributed by atoms with Crippen LogP contribution in [0, 0.1) is 10.1 Å². The summed E-state index contributed by atoms with van der Waals surface area (Å²) in [5.41, 5.74) is 3.51. The number of thioether (sulfide) groups is 1. The highest BCUT2D eigenvalue weighted by atomic mass is 35.5. The van der Waals surface area contributed by atoms with E-state index in [1.165, 1.54) is 18.2 Å². The van der Waals surface area contributed by atoms with Crippen LogP contribution in [-0.4, -0.2) is 38.0 Å². The summed E-state index contributed by atoms with van der Waals surface area (Å²) in [5.74, 6) is -0.126. The molecular weight excluding hydrogens is 418 g/mol. The lowest BCUT2D eigenvalue weighted by atomic mass is 10.2. The highest BCUT2D eigenvalue weighted by Crippen LogP contribution is 2.23. The first-order valence-electron chi connectivity index (χ1n) is 8.14. The summed E-state index contributed by atoms with van der Waals surface area (Å²) in [6, 6.07) is 13.0. The van der Waals surface area contributed by atoms with Gasteiger partial charge in [0.05, 0.1) is 16.9 Å². The average Bonchev–Trinajstić information content (AvgIpc) is 3.16. The van der Waals surface area contributed by atoms with Crippen LogP contribution < -0.4 is 10.7 Å². The number of nitrogens with zero attached hydrogens (tertiary/aromatic N) is 4. The first-order valence-corrected chi connectivity index (χ1v) is 9.51. The van der Waals surface area contributed by atoms with Crippen LogP contribution in [0.2, 0.25) is 5.02 Å². The highest BCUT2D eigenvalue weighted by Gasteiger charge is 2.15. The van der Waals surface area contributed by atoms with Crippen LogP contribution in [0.25, 0.3) is 0 Å². The van der Waals surface area contributed by atoms with Gasteiger partial charge in [-0.15, -0.1) is 5.10 Å². The number of aromatic nitrogens is 3. The normalized spacial score (nSPS) is 10.8. The lowest BCUT2D eigenvalue weighted by molar-refractivity contribution is -0.383. The molecule has 0 aliphatic heterocycles. The number of nitrogens with one attached hydrogen (secondary N) is 3. The SMILES string of the molecule is O=C(CSc1n[nH]c(N/N=C\c2ccc(Cl)cc2)n1)Nc1ccccc1[N+](=O)[O-]. The van der Waals surface area contributed by atoms with Gasteiger partial charge in [-0.1, -0.05) is 47.6 Å². The molecule has 0 radical (unpaired) electrons. The Bertz CT molecular complexity index is 1040. The van der Waals surface area contributed by atoms with Crippen molar-refractivity contribution in [1.82, 2.24) is 15.2 Å². The summed E-state index contributed by atoms with van der Waals surface area (Å²) in [7, 11) is 0. The Balaban J connectivity index is 1.49. The summed E-state index contributed by atoms with van der Waals surface area (Å²) >= 11 is 6.89. The fourth-order valence-electron chi connectivity index (χ4n) is 2.13. The number of hydrazone groups is 1. The molecule has 1 amide bonds. The van der Waals surface area contributed by atoms with Gasteiger partial charge in [0, 0.05) is 11.1 Å². The number of halogens is 1. The number of aromatic amines is 1. The number of hydrogen-bond acceptors (Lipinski definition) is 8. The van der Waals surface area contributed by atoms with Crippen LogP contribution >= 0.6 is 23.4 Å². The van der Waals surface area contributed by atoms with Gasteiger partial charge in [0.2, 0.25) is 17.0 Å². The molecule has 0 bridgehead atoms. The van der Waals surface area contributed by atoms with E-state index in [1.807, 2.05) is 12.1 Å². The summed E-state index contributed by atoms with van der Waals surface area (Å²) in [6.07, 6.45) is 1.59. The lowest BCUT2D eigenvalue weighted by Crippen LogP contribution is -2.15. The molecule has 12 heteroatoms. The third kappa shape index (κ3) is 6.02. The molecule has 0 fully saturated rings. The molecule has 0 saturated heterocycles. The Morgan fingerprint density at radius 1 is 1.28 bits per heavy atom. The Morgan fingerprint density at radius 3 is 2.79 bits per heavy atom. The molecule has 1 aromatic heterocycles. The van der Waals surface area contributed by atoms with E-state index in [1.54, 1.807) is 24.4 Å². The van der Waals surface area contributed by atoms with E-state index in [-0.39, 0.29) is 17.1 Å². The topological polar surface area (TPSA) is 138 Å². The number of carbonyl (C=O) groups is 1. The Kier molecular flexibility index (Phi) is 6.76. The number of hydrogen-bond donors (Lipinski definition) is 3. The number of nitro benzene ring substituents is 1. The number of benzene rings is 2. The van der Waals surface area contributed by atoms with Crippen molar-refractivity contribution in [3.8, 4) is 0 Å². The van der Waals surface area contributed by atoms with Crippen molar-refractivity contribution >= 4 is 52.8 Å². The third-order valence-electron chi connectivity index (χ3n) is 3.43. The lowest BCUT2D eigenvalue weighted by Gasteiger charge is -2.04. The summed E-state index contributed by atoms with van der Waals surface area (Å²) < 4.78 is 0. The zero-order chi connectivity index (χ0) is 20.6. The second-order valence-corrected chi connectivity index (χ2v) is 6.88. The first kappa shape index (κ1) is 20.3. The van der Waals surface area contributed by atoms with Crippen molar-refractivity contribution in [1.29, 1.82) is 0 Å². The maximum absolute atomic E-state index is 12.1. The van der Waals surface area contributed by atoms with Gasteiger partial charge in [0.15, 0.2) is 0 Å². The van der Waals surface area contributed by atoms with Crippen molar-refractivity contribution in [3.63, 3.8) is 0 Å². The van der Waals surface area contributed by atoms with Gasteiger partial charge >= 0.3 is 0 Å². The van der Waals surface area contributed by atoms with E-state index in [0.717, 1.165) is 17.3 Å². The van der Waals surface area contributed by atoms with Gasteiger partial charge in [-0.3, -0.25) is 14.9 Å². The van der Waals surface area contributed by atoms with Crippen LogP contribution in [0.5, 0.6) is 0 Å². The minimum atomic E-state index is -0.555. The smallest absolute Gasteiger partial charge is 0.292 e. The second kappa shape index (κ2) is 9.66. The quantitative estimate of drug-likeness (QED) is 0.214. The van der Waals surface area contributed by atoms with Gasteiger partial charge in [-0.2, -0.15) is 10.1 Å². The fraction of sp³-hybridized carbons (Fsp3) is 0.0588. The van der Waals surface area contributed by atoms with E-state index in [2.05, 4.69) is 31.0 Å². The molecule has 3 rings (SSSR count). The average molecular weight is 432 g/mol. The van der Waals surface area contributed by atoms with Gasteiger partial charge in [-0.05, 0) is 23.8 Å². The number of amides is 1. The zero-order valence-electron chi connectivity index (χ0n) is 14.7. The Labute approximate surface area is 173 Å². The molecule has 2 aromatic carbocycles. The first-order chi connectivity index (χ1) is 14.0. The zero-order valence-corrected chi connectivity index (χ0v) is 16.3. The van der Waals surface area contributed by atoms with Crippen LogP contribution in [0.15, 0.2) is 58.8 Å². The van der Waals surface area contributed by atoms with E-state index in [9.17, 15) is 14.9 Å². The maximum Gasteiger partial charge on any atom is 0.292 e. The standard InChI is InChI=1S/C17H14ClN7O3S/c18-12-7-5-11(6-8-12)9-19-22-16-21-17(24-23-16)29-10-15(26)20-13-3-1-2-4-14(13)25(27)28/h1-9H,10H2,(H,20,26)(H2,21,22,23,24)/b19-9-. The predicted octanol–water partition coefficient (Wildman–Crippen LogP) is 3.54. The third-order valence-corrected chi connectivity index (χ3v) is 4.53. The minimum Gasteiger partial charge on any atom is -0.320 e. The number of para-hydroxylation sites is 2. The van der Waals surface area contributed by atoms with Gasteiger partial charge in [-0.25, -0.2) is 10.5 Å². The highest BCUT2D eigenvalue weighted by molar-refractivity contribution is 7.99. The van der Waals surface area contributed by atoms with E-state index in [0.29, 0.717) is 16.1 Å². The molecule has 10 nitrogen and oxygen atoms in total. The molecule has 3 N–H and O–H groups in total. The van der Waals surface area contributed by atoms with Gasteiger partial charge in [0.25, 0.3) is 5.69 Å². The van der Waals surface area contributed by atoms with Crippen LogP contribution in [-0.2, 0) is 4.79 Å². The summed E-state index contributed by atoms with van der Waals surface area (Å²) in [6.45, 7) is 0. The van der Waals surface area contributed by atoms with Gasteiger partial charge < -0.3 is 5.32 Å². The molecule has 0 atom stereocenters. The Morgan fingerprint density at radius 2 is 2.03 bits per heavy atom. The number of anilines is 2. The molecule has 3 aromatic rings. The maximum atomic E-state index is 12.1. The van der Waals surface area contributed by atoms with Crippen molar-refractivity contribution < 1.29 is 9.72 Å². The van der Waals surface area contributed by atoms with Crippen molar-refractivity contribution in [2.45, 2.75) is 5.16 Å². The molecule has 0 saturated carbocycles. The van der Waals surface area contributed by atoms with Crippen LogP contribution in [0.4, 0.5) is 17.3 Å². The van der Waals surface area contributed by atoms with Crippen LogP contribution in [0.3, 0.4) is 0 Å². The molecule has 29 heavy (non-hydrogen) atoms. The number of nitro groups is 1. The Hall–Kier alpha value is -3.44.